The summed E-state index contributed by atoms with van der Waals surface area (Å²) in [6.07, 6.45) is 4.90. The fourth-order valence-corrected chi connectivity index (χ4v) is 5.65. The van der Waals surface area contributed by atoms with E-state index in [-0.39, 0.29) is 30.4 Å². The Morgan fingerprint density at radius 3 is 2.57 bits per heavy atom. The average molecular weight is 477 g/mol. The molecule has 184 valence electrons. The van der Waals surface area contributed by atoms with E-state index in [4.69, 9.17) is 4.74 Å². The molecule has 8 heteroatoms. The second-order valence-corrected chi connectivity index (χ2v) is 9.76. The number of benzene rings is 1. The summed E-state index contributed by atoms with van der Waals surface area (Å²) in [5, 5.41) is 3.03. The SMILES string of the molecule is Cc1ccccc1CC(=O)N1CCC(C2(c3ccccn3)NC(=O)N(CC3CCCO3)C2=O)CC1. The molecule has 3 aliphatic rings. The standard InChI is InChI=1S/C27H32N4O4/c1-19-7-2-3-8-20(19)17-24(32)30-14-11-21(12-15-30)27(23-10-4-5-13-28-23)25(33)31(26(34)29-27)18-22-9-6-16-35-22/h2-5,7-8,10,13,21-22H,6,9,11-12,14-18H2,1H3,(H,29,34). The van der Waals surface area contributed by atoms with Crippen LogP contribution in [0.25, 0.3) is 0 Å². The largest absolute Gasteiger partial charge is 0.376 e. The van der Waals surface area contributed by atoms with Gasteiger partial charge in [0.2, 0.25) is 5.91 Å². The van der Waals surface area contributed by atoms with Crippen molar-refractivity contribution in [3.8, 4) is 0 Å². The van der Waals surface area contributed by atoms with Crippen LogP contribution in [0.5, 0.6) is 0 Å². The molecule has 0 aliphatic carbocycles. The van der Waals surface area contributed by atoms with Crippen molar-refractivity contribution in [2.45, 2.75) is 50.7 Å². The quantitative estimate of drug-likeness (QED) is 0.648. The third kappa shape index (κ3) is 4.43. The summed E-state index contributed by atoms with van der Waals surface area (Å²) in [6.45, 7) is 4.02. The van der Waals surface area contributed by atoms with Gasteiger partial charge in [0, 0.05) is 31.8 Å². The number of aromatic nitrogens is 1. The maximum atomic E-state index is 13.9. The highest BCUT2D eigenvalue weighted by Crippen LogP contribution is 2.41. The molecule has 35 heavy (non-hydrogen) atoms. The van der Waals surface area contributed by atoms with Crippen LogP contribution in [0.3, 0.4) is 0 Å². The number of ether oxygens (including phenoxy) is 1. The van der Waals surface area contributed by atoms with Crippen LogP contribution in [0.15, 0.2) is 48.7 Å². The zero-order chi connectivity index (χ0) is 24.4. The maximum Gasteiger partial charge on any atom is 0.325 e. The Bertz CT molecular complexity index is 1090. The van der Waals surface area contributed by atoms with Gasteiger partial charge in [-0.25, -0.2) is 4.79 Å². The van der Waals surface area contributed by atoms with Gasteiger partial charge in [-0.1, -0.05) is 30.3 Å². The first-order valence-corrected chi connectivity index (χ1v) is 12.5. The van der Waals surface area contributed by atoms with Gasteiger partial charge < -0.3 is 15.0 Å². The Labute approximate surface area is 205 Å². The Morgan fingerprint density at radius 2 is 1.89 bits per heavy atom. The minimum atomic E-state index is -1.22. The molecule has 3 saturated heterocycles. The van der Waals surface area contributed by atoms with Crippen molar-refractivity contribution in [2.24, 2.45) is 5.92 Å². The highest BCUT2D eigenvalue weighted by atomic mass is 16.5. The second-order valence-electron chi connectivity index (χ2n) is 9.76. The van der Waals surface area contributed by atoms with Gasteiger partial charge in [0.15, 0.2) is 5.54 Å². The minimum Gasteiger partial charge on any atom is -0.376 e. The summed E-state index contributed by atoms with van der Waals surface area (Å²) in [5.41, 5.74) is 1.48. The van der Waals surface area contributed by atoms with E-state index < -0.39 is 11.6 Å². The molecule has 4 heterocycles. The number of aryl methyl sites for hydroxylation is 1. The van der Waals surface area contributed by atoms with Crippen molar-refractivity contribution in [3.05, 3.63) is 65.5 Å². The number of pyridine rings is 1. The number of hydrogen-bond acceptors (Lipinski definition) is 5. The van der Waals surface area contributed by atoms with Crippen LogP contribution in [0.4, 0.5) is 4.79 Å². The molecule has 1 aromatic carbocycles. The number of nitrogens with one attached hydrogen (secondary N) is 1. The first-order chi connectivity index (χ1) is 17.0. The number of urea groups is 1. The van der Waals surface area contributed by atoms with Crippen molar-refractivity contribution in [2.75, 3.05) is 26.2 Å². The van der Waals surface area contributed by atoms with Crippen LogP contribution in [0.1, 0.15) is 42.5 Å². The molecule has 1 N–H and O–H groups in total. The van der Waals surface area contributed by atoms with E-state index in [1.165, 1.54) is 4.90 Å². The predicted molar refractivity (Wildman–Crippen MR) is 129 cm³/mol. The molecule has 5 rings (SSSR count). The van der Waals surface area contributed by atoms with Crippen LogP contribution in [-0.4, -0.2) is 65.0 Å². The van der Waals surface area contributed by atoms with Crippen molar-refractivity contribution in [1.29, 1.82) is 0 Å². The zero-order valence-corrected chi connectivity index (χ0v) is 20.1. The second kappa shape index (κ2) is 9.77. The number of amides is 4. The van der Waals surface area contributed by atoms with Crippen LogP contribution >= 0.6 is 0 Å². The number of piperidine rings is 1. The third-order valence-corrected chi connectivity index (χ3v) is 7.67. The molecular formula is C27H32N4O4. The summed E-state index contributed by atoms with van der Waals surface area (Å²) in [7, 11) is 0. The molecular weight excluding hydrogens is 444 g/mol. The maximum absolute atomic E-state index is 13.9. The van der Waals surface area contributed by atoms with Crippen LogP contribution in [-0.2, 0) is 26.3 Å². The molecule has 1 aromatic heterocycles. The third-order valence-electron chi connectivity index (χ3n) is 7.67. The molecule has 2 unspecified atom stereocenters. The van der Waals surface area contributed by atoms with Crippen molar-refractivity contribution in [3.63, 3.8) is 0 Å². The van der Waals surface area contributed by atoms with Gasteiger partial charge in [-0.05, 0) is 55.9 Å². The number of carbonyl (C=O) groups excluding carboxylic acids is 3. The molecule has 0 saturated carbocycles. The van der Waals surface area contributed by atoms with Crippen LogP contribution in [0.2, 0.25) is 0 Å². The Morgan fingerprint density at radius 1 is 1.11 bits per heavy atom. The van der Waals surface area contributed by atoms with E-state index in [1.807, 2.05) is 48.2 Å². The van der Waals surface area contributed by atoms with Gasteiger partial charge >= 0.3 is 6.03 Å². The number of likely N-dealkylation sites (tertiary alicyclic amines) is 1. The summed E-state index contributed by atoms with van der Waals surface area (Å²) < 4.78 is 5.69. The zero-order valence-electron chi connectivity index (χ0n) is 20.1. The summed E-state index contributed by atoms with van der Waals surface area (Å²) >= 11 is 0. The number of rotatable bonds is 6. The van der Waals surface area contributed by atoms with Gasteiger partial charge in [-0.15, -0.1) is 0 Å². The van der Waals surface area contributed by atoms with Gasteiger partial charge in [0.1, 0.15) is 0 Å². The lowest BCUT2D eigenvalue weighted by molar-refractivity contribution is -0.137. The smallest absolute Gasteiger partial charge is 0.325 e. The van der Waals surface area contributed by atoms with E-state index in [0.29, 0.717) is 44.7 Å². The highest BCUT2D eigenvalue weighted by Gasteiger charge is 2.58. The van der Waals surface area contributed by atoms with Crippen molar-refractivity contribution in [1.82, 2.24) is 20.1 Å². The Kier molecular flexibility index (Phi) is 6.56. The summed E-state index contributed by atoms with van der Waals surface area (Å²) in [4.78, 5) is 47.6. The van der Waals surface area contributed by atoms with Crippen LogP contribution in [0, 0.1) is 12.8 Å². The fraction of sp³-hybridized carbons (Fsp3) is 0.481. The number of carbonyl (C=O) groups is 3. The molecule has 3 fully saturated rings. The molecule has 3 aliphatic heterocycles. The van der Waals surface area contributed by atoms with E-state index in [9.17, 15) is 14.4 Å². The molecule has 4 amide bonds. The van der Waals surface area contributed by atoms with Gasteiger partial charge in [-0.3, -0.25) is 19.5 Å². The van der Waals surface area contributed by atoms with Crippen molar-refractivity contribution < 1.29 is 19.1 Å². The lowest BCUT2D eigenvalue weighted by Crippen LogP contribution is -2.55. The minimum absolute atomic E-state index is 0.0893. The van der Waals surface area contributed by atoms with E-state index in [1.54, 1.807) is 12.3 Å². The average Bonchev–Trinajstić information content (AvgIpc) is 3.49. The summed E-state index contributed by atoms with van der Waals surface area (Å²) in [5.74, 6) is -0.335. The molecule has 8 nitrogen and oxygen atoms in total. The molecule has 0 bridgehead atoms. The number of nitrogens with zero attached hydrogens (tertiary/aromatic N) is 3. The Hall–Kier alpha value is -3.26. The first-order valence-electron chi connectivity index (χ1n) is 12.5. The highest BCUT2D eigenvalue weighted by molar-refractivity contribution is 6.07. The lowest BCUT2D eigenvalue weighted by atomic mass is 9.75. The number of hydrogen-bond donors (Lipinski definition) is 1. The summed E-state index contributed by atoms with van der Waals surface area (Å²) in [6, 6.07) is 13.0. The molecule has 0 radical (unpaired) electrons. The Balaban J connectivity index is 1.34. The number of imide groups is 1. The predicted octanol–water partition coefficient (Wildman–Crippen LogP) is 2.80. The fourth-order valence-electron chi connectivity index (χ4n) is 5.65. The van der Waals surface area contributed by atoms with E-state index in [2.05, 4.69) is 10.3 Å². The van der Waals surface area contributed by atoms with Gasteiger partial charge in [0.05, 0.1) is 24.8 Å². The van der Waals surface area contributed by atoms with Gasteiger partial charge in [-0.2, -0.15) is 0 Å². The monoisotopic (exact) mass is 476 g/mol. The molecule has 0 spiro atoms. The van der Waals surface area contributed by atoms with Crippen LogP contribution < -0.4 is 5.32 Å². The van der Waals surface area contributed by atoms with Crippen molar-refractivity contribution >= 4 is 17.8 Å². The lowest BCUT2D eigenvalue weighted by Gasteiger charge is -2.40. The normalized spacial score (nSPS) is 25.2. The topological polar surface area (TPSA) is 91.8 Å². The molecule has 2 atom stereocenters. The van der Waals surface area contributed by atoms with E-state index in [0.717, 1.165) is 24.0 Å². The van der Waals surface area contributed by atoms with E-state index >= 15 is 0 Å². The first kappa shape index (κ1) is 23.5. The molecule has 2 aromatic rings. The van der Waals surface area contributed by atoms with Gasteiger partial charge in [0.25, 0.3) is 5.91 Å².